The van der Waals surface area contributed by atoms with Crippen LogP contribution < -0.4 is 5.32 Å². The molecule has 0 fully saturated rings. The van der Waals surface area contributed by atoms with Crippen molar-refractivity contribution in [3.8, 4) is 0 Å². The Morgan fingerprint density at radius 2 is 2.13 bits per heavy atom. The molecule has 1 aromatic carbocycles. The fourth-order valence-corrected chi connectivity index (χ4v) is 2.96. The molecule has 5 heteroatoms. The van der Waals surface area contributed by atoms with E-state index < -0.39 is 0 Å². The lowest BCUT2D eigenvalue weighted by Crippen LogP contribution is -2.13. The molecule has 23 heavy (non-hydrogen) atoms. The summed E-state index contributed by atoms with van der Waals surface area (Å²) in [5.74, 6) is -0.244. The number of aryl methyl sites for hydroxylation is 2. The number of carbonyl (C=O) groups is 1. The molecule has 2 heterocycles. The summed E-state index contributed by atoms with van der Waals surface area (Å²) in [6, 6.07) is 7.91. The number of anilines is 1. The monoisotopic (exact) mass is 304 g/mol. The summed E-state index contributed by atoms with van der Waals surface area (Å²) in [6.45, 7) is 3.88. The van der Waals surface area contributed by atoms with Crippen LogP contribution in [-0.2, 0) is 6.42 Å². The third kappa shape index (κ3) is 2.30. The Hall–Kier alpha value is -2.95. The summed E-state index contributed by atoms with van der Waals surface area (Å²) >= 11 is 0. The maximum atomic E-state index is 12.6. The van der Waals surface area contributed by atoms with Crippen molar-refractivity contribution in [2.24, 2.45) is 0 Å². The van der Waals surface area contributed by atoms with Crippen LogP contribution in [0.4, 0.5) is 5.69 Å². The normalized spacial score (nSPS) is 12.6. The number of rotatable bonds is 2. The van der Waals surface area contributed by atoms with E-state index >= 15 is 0 Å². The zero-order valence-corrected chi connectivity index (χ0v) is 13.0. The average Bonchev–Trinajstić information content (AvgIpc) is 3.12. The Kier molecular flexibility index (Phi) is 3.01. The highest BCUT2D eigenvalue weighted by molar-refractivity contribution is 6.07. The maximum Gasteiger partial charge on any atom is 0.278 e. The number of aromatic nitrogens is 3. The number of nitrogens with one attached hydrogen (secondary N) is 1. The van der Waals surface area contributed by atoms with E-state index in [0.717, 1.165) is 29.1 Å². The van der Waals surface area contributed by atoms with Crippen molar-refractivity contribution in [1.29, 1.82) is 0 Å². The van der Waals surface area contributed by atoms with E-state index in [4.69, 9.17) is 0 Å². The number of allylic oxidation sites excluding steroid dienone is 1. The van der Waals surface area contributed by atoms with Crippen LogP contribution in [0.15, 0.2) is 36.7 Å². The van der Waals surface area contributed by atoms with Crippen molar-refractivity contribution in [2.45, 2.75) is 20.3 Å². The molecule has 5 nitrogen and oxygen atoms in total. The van der Waals surface area contributed by atoms with Crippen LogP contribution in [0, 0.1) is 13.8 Å². The van der Waals surface area contributed by atoms with Gasteiger partial charge < -0.3 is 5.32 Å². The lowest BCUT2D eigenvalue weighted by Gasteiger charge is -2.07. The van der Waals surface area contributed by atoms with Crippen LogP contribution in [0.1, 0.15) is 33.0 Å². The van der Waals surface area contributed by atoms with Crippen molar-refractivity contribution in [3.05, 3.63) is 64.9 Å². The van der Waals surface area contributed by atoms with E-state index in [9.17, 15) is 4.79 Å². The molecule has 3 aromatic rings. The van der Waals surface area contributed by atoms with Crippen molar-refractivity contribution < 1.29 is 4.79 Å². The zero-order chi connectivity index (χ0) is 16.0. The zero-order valence-electron chi connectivity index (χ0n) is 13.0. The first-order chi connectivity index (χ1) is 11.1. The molecule has 1 aliphatic carbocycles. The molecule has 1 amide bonds. The molecule has 114 valence electrons. The highest BCUT2D eigenvalue weighted by Gasteiger charge is 2.17. The number of fused-ring (bicyclic) bond motifs is 2. The first-order valence-electron chi connectivity index (χ1n) is 7.54. The molecule has 0 atom stereocenters. The van der Waals surface area contributed by atoms with Gasteiger partial charge in [0, 0.05) is 17.1 Å². The minimum Gasteiger partial charge on any atom is -0.321 e. The van der Waals surface area contributed by atoms with Gasteiger partial charge in [0.15, 0.2) is 11.3 Å². The summed E-state index contributed by atoms with van der Waals surface area (Å²) in [6.07, 6.45) is 6.79. The Bertz CT molecular complexity index is 969. The summed E-state index contributed by atoms with van der Waals surface area (Å²) in [7, 11) is 0. The van der Waals surface area contributed by atoms with Gasteiger partial charge in [-0.25, -0.2) is 9.97 Å². The number of nitrogens with zero attached hydrogens (tertiary/aromatic N) is 3. The molecular weight excluding hydrogens is 288 g/mol. The minimum atomic E-state index is -0.244. The van der Waals surface area contributed by atoms with Crippen molar-refractivity contribution in [2.75, 3.05) is 5.32 Å². The standard InChI is InChI=1S/C18H16N4O/c1-11-8-12(2)22-10-19-16(17(22)20-11)18(23)21-15-7-6-13-4-3-5-14(13)9-15/h3,5-10H,4H2,1-2H3,(H,21,23). The molecule has 1 aliphatic rings. The smallest absolute Gasteiger partial charge is 0.278 e. The lowest BCUT2D eigenvalue weighted by molar-refractivity contribution is 0.102. The van der Waals surface area contributed by atoms with E-state index in [1.807, 2.05) is 42.5 Å². The van der Waals surface area contributed by atoms with Gasteiger partial charge in [-0.2, -0.15) is 0 Å². The predicted molar refractivity (Wildman–Crippen MR) is 89.6 cm³/mol. The first kappa shape index (κ1) is 13.7. The number of benzene rings is 1. The summed E-state index contributed by atoms with van der Waals surface area (Å²) in [5, 5.41) is 2.92. The van der Waals surface area contributed by atoms with Gasteiger partial charge in [-0.15, -0.1) is 0 Å². The SMILES string of the molecule is Cc1cc(C)n2cnc(C(=O)Nc3ccc4c(c3)C=CC4)c2n1. The second-order valence-electron chi connectivity index (χ2n) is 5.80. The third-order valence-electron chi connectivity index (χ3n) is 4.08. The van der Waals surface area contributed by atoms with Crippen LogP contribution in [0.25, 0.3) is 11.7 Å². The Labute approximate surface area is 133 Å². The van der Waals surface area contributed by atoms with E-state index in [2.05, 4.69) is 27.4 Å². The molecule has 4 rings (SSSR count). The molecule has 2 aromatic heterocycles. The molecule has 0 unspecified atom stereocenters. The van der Waals surface area contributed by atoms with E-state index in [-0.39, 0.29) is 5.91 Å². The molecule has 0 saturated heterocycles. The maximum absolute atomic E-state index is 12.6. The van der Waals surface area contributed by atoms with Crippen LogP contribution in [0.3, 0.4) is 0 Å². The number of hydrogen-bond donors (Lipinski definition) is 1. The van der Waals surface area contributed by atoms with Gasteiger partial charge in [-0.05, 0) is 49.6 Å². The van der Waals surface area contributed by atoms with Gasteiger partial charge in [-0.3, -0.25) is 9.20 Å². The van der Waals surface area contributed by atoms with Crippen LogP contribution in [-0.4, -0.2) is 20.3 Å². The van der Waals surface area contributed by atoms with Crippen LogP contribution >= 0.6 is 0 Å². The number of hydrogen-bond acceptors (Lipinski definition) is 3. The predicted octanol–water partition coefficient (Wildman–Crippen LogP) is 3.17. The second-order valence-corrected chi connectivity index (χ2v) is 5.80. The van der Waals surface area contributed by atoms with Crippen molar-refractivity contribution in [1.82, 2.24) is 14.4 Å². The highest BCUT2D eigenvalue weighted by Crippen LogP contribution is 2.23. The Morgan fingerprint density at radius 1 is 1.26 bits per heavy atom. The van der Waals surface area contributed by atoms with Gasteiger partial charge in [0.2, 0.25) is 0 Å². The number of imidazole rings is 1. The molecule has 0 radical (unpaired) electrons. The third-order valence-corrected chi connectivity index (χ3v) is 4.08. The van der Waals surface area contributed by atoms with Crippen LogP contribution in [0.2, 0.25) is 0 Å². The fraction of sp³-hybridized carbons (Fsp3) is 0.167. The minimum absolute atomic E-state index is 0.244. The van der Waals surface area contributed by atoms with Crippen molar-refractivity contribution >= 4 is 23.3 Å². The highest BCUT2D eigenvalue weighted by atomic mass is 16.1. The molecule has 0 bridgehead atoms. The van der Waals surface area contributed by atoms with Gasteiger partial charge in [0.05, 0.1) is 0 Å². The van der Waals surface area contributed by atoms with E-state index in [1.165, 1.54) is 5.56 Å². The molecule has 1 N–H and O–H groups in total. The van der Waals surface area contributed by atoms with Gasteiger partial charge >= 0.3 is 0 Å². The fourth-order valence-electron chi connectivity index (χ4n) is 2.96. The quantitative estimate of drug-likeness (QED) is 0.791. The molecule has 0 spiro atoms. The summed E-state index contributed by atoms with van der Waals surface area (Å²) < 4.78 is 1.83. The van der Waals surface area contributed by atoms with E-state index in [0.29, 0.717) is 11.3 Å². The second kappa shape index (κ2) is 5.05. The largest absolute Gasteiger partial charge is 0.321 e. The average molecular weight is 304 g/mol. The van der Waals surface area contributed by atoms with Gasteiger partial charge in [0.1, 0.15) is 6.33 Å². The van der Waals surface area contributed by atoms with Gasteiger partial charge in [0.25, 0.3) is 5.91 Å². The molecule has 0 saturated carbocycles. The topological polar surface area (TPSA) is 59.3 Å². The number of amides is 1. The van der Waals surface area contributed by atoms with E-state index in [1.54, 1.807) is 6.33 Å². The Morgan fingerprint density at radius 3 is 3.00 bits per heavy atom. The van der Waals surface area contributed by atoms with Crippen LogP contribution in [0.5, 0.6) is 0 Å². The van der Waals surface area contributed by atoms with Crippen molar-refractivity contribution in [3.63, 3.8) is 0 Å². The number of carbonyl (C=O) groups excluding carboxylic acids is 1. The molecule has 0 aliphatic heterocycles. The Balaban J connectivity index is 1.68. The summed E-state index contributed by atoms with van der Waals surface area (Å²) in [4.78, 5) is 21.3. The lowest BCUT2D eigenvalue weighted by atomic mass is 10.1. The van der Waals surface area contributed by atoms with Gasteiger partial charge in [-0.1, -0.05) is 18.2 Å². The summed E-state index contributed by atoms with van der Waals surface area (Å²) in [5.41, 5.74) is 6.00. The first-order valence-corrected chi connectivity index (χ1v) is 7.54. The molecular formula is C18H16N4O.